The molecule has 2 unspecified atom stereocenters. The first kappa shape index (κ1) is 20.9. The predicted octanol–water partition coefficient (Wildman–Crippen LogP) is 3.60. The lowest BCUT2D eigenvalue weighted by atomic mass is 9.90. The fourth-order valence-corrected chi connectivity index (χ4v) is 4.30. The second kappa shape index (κ2) is 8.20. The van der Waals surface area contributed by atoms with Crippen molar-refractivity contribution in [2.24, 2.45) is 5.16 Å². The van der Waals surface area contributed by atoms with Gasteiger partial charge in [0.25, 0.3) is 5.91 Å². The summed E-state index contributed by atoms with van der Waals surface area (Å²) in [6.45, 7) is 4.32. The third-order valence-electron chi connectivity index (χ3n) is 5.92. The van der Waals surface area contributed by atoms with Gasteiger partial charge in [-0.2, -0.15) is 0 Å². The van der Waals surface area contributed by atoms with E-state index in [1.165, 1.54) is 0 Å². The Kier molecular flexibility index (Phi) is 5.20. The summed E-state index contributed by atoms with van der Waals surface area (Å²) in [7, 11) is 0. The van der Waals surface area contributed by atoms with Crippen LogP contribution in [-0.2, 0) is 16.2 Å². The Hall–Kier alpha value is -3.94. The first-order valence-electron chi connectivity index (χ1n) is 10.8. The van der Waals surface area contributed by atoms with Crippen molar-refractivity contribution in [3.8, 4) is 5.75 Å². The molecule has 8 heteroatoms. The zero-order valence-electron chi connectivity index (χ0n) is 18.4. The molecule has 5 rings (SSSR count). The van der Waals surface area contributed by atoms with Gasteiger partial charge < -0.3 is 14.9 Å². The van der Waals surface area contributed by atoms with E-state index in [1.807, 2.05) is 56.3 Å². The van der Waals surface area contributed by atoms with Crippen LogP contribution in [0.25, 0.3) is 10.9 Å². The van der Waals surface area contributed by atoms with Crippen LogP contribution in [0, 0.1) is 6.92 Å². The number of hydrogen-bond acceptors (Lipinski definition) is 6. The molecule has 0 spiro atoms. The van der Waals surface area contributed by atoms with Crippen molar-refractivity contribution in [2.45, 2.75) is 44.9 Å². The van der Waals surface area contributed by atoms with Gasteiger partial charge in [-0.3, -0.25) is 15.1 Å². The zero-order valence-corrected chi connectivity index (χ0v) is 18.4. The van der Waals surface area contributed by atoms with Crippen molar-refractivity contribution in [2.75, 3.05) is 0 Å². The number of carbonyl (C=O) groups excluding carboxylic acids is 2. The first-order chi connectivity index (χ1) is 15.9. The average Bonchev–Trinajstić information content (AvgIpc) is 3.33. The van der Waals surface area contributed by atoms with Crippen LogP contribution in [0.1, 0.15) is 36.6 Å². The molecule has 0 saturated carbocycles. The van der Waals surface area contributed by atoms with Gasteiger partial charge in [0.15, 0.2) is 0 Å². The molecule has 2 atom stereocenters. The summed E-state index contributed by atoms with van der Waals surface area (Å²) in [4.78, 5) is 33.4. The van der Waals surface area contributed by atoms with E-state index >= 15 is 0 Å². The quantitative estimate of drug-likeness (QED) is 0.566. The summed E-state index contributed by atoms with van der Waals surface area (Å²) in [6.07, 6.45) is 0.882. The lowest BCUT2D eigenvalue weighted by Crippen LogP contribution is -2.39. The van der Waals surface area contributed by atoms with E-state index in [0.717, 1.165) is 39.2 Å². The zero-order chi connectivity index (χ0) is 23.0. The maximum atomic E-state index is 11.9. The fraction of sp³-hybridized carbons (Fsp3) is 0.280. The number of nitrogens with zero attached hydrogens (tertiary/aromatic N) is 2. The smallest absolute Gasteiger partial charge is 0.322 e. The number of carbonyl (C=O) groups is 2. The predicted molar refractivity (Wildman–Crippen MR) is 123 cm³/mol. The third kappa shape index (κ3) is 4.37. The third-order valence-corrected chi connectivity index (χ3v) is 5.92. The molecule has 3 aromatic rings. The second-order valence-electron chi connectivity index (χ2n) is 8.73. The Morgan fingerprint density at radius 2 is 1.94 bits per heavy atom. The van der Waals surface area contributed by atoms with Crippen molar-refractivity contribution in [1.82, 2.24) is 15.6 Å². The number of nitrogens with one attached hydrogen (secondary N) is 2. The van der Waals surface area contributed by atoms with Crippen LogP contribution in [-0.4, -0.2) is 34.3 Å². The Morgan fingerprint density at radius 3 is 2.70 bits per heavy atom. The average molecular weight is 444 g/mol. The number of hydrogen-bond donors (Lipinski definition) is 2. The number of fused-ring (bicyclic) bond motifs is 1. The van der Waals surface area contributed by atoms with Gasteiger partial charge in [-0.05, 0) is 55.8 Å². The summed E-state index contributed by atoms with van der Waals surface area (Å²) in [6, 6.07) is 16.7. The maximum Gasteiger partial charge on any atom is 0.322 e. The number of aryl methyl sites for hydroxylation is 1. The SMILES string of the molecule is Cc1cc(COc2ccc(C3=NOC(C)(CC4NC(=O)NC4=O)C3)cc2)c2ccccc2n1. The van der Waals surface area contributed by atoms with Crippen molar-refractivity contribution in [3.05, 3.63) is 71.4 Å². The Bertz CT molecular complexity index is 1270. The molecule has 0 aliphatic carbocycles. The van der Waals surface area contributed by atoms with Crippen molar-refractivity contribution < 1.29 is 19.2 Å². The highest BCUT2D eigenvalue weighted by Crippen LogP contribution is 2.32. The van der Waals surface area contributed by atoms with Crippen LogP contribution < -0.4 is 15.4 Å². The van der Waals surface area contributed by atoms with Gasteiger partial charge in [0.05, 0.1) is 11.2 Å². The number of ether oxygens (including phenoxy) is 1. The molecule has 3 amide bonds. The van der Waals surface area contributed by atoms with Crippen LogP contribution in [0.2, 0.25) is 0 Å². The highest BCUT2D eigenvalue weighted by Gasteiger charge is 2.42. The van der Waals surface area contributed by atoms with Crippen LogP contribution in [0.4, 0.5) is 4.79 Å². The molecular formula is C25H24N4O4. The normalized spacial score (nSPS) is 22.0. The van der Waals surface area contributed by atoms with E-state index in [0.29, 0.717) is 19.4 Å². The molecule has 1 aromatic heterocycles. The van der Waals surface area contributed by atoms with Gasteiger partial charge in [0, 0.05) is 29.5 Å². The molecule has 0 radical (unpaired) electrons. The van der Waals surface area contributed by atoms with E-state index in [4.69, 9.17) is 9.57 Å². The van der Waals surface area contributed by atoms with Gasteiger partial charge in [0.2, 0.25) is 0 Å². The number of imide groups is 1. The summed E-state index contributed by atoms with van der Waals surface area (Å²) in [5.41, 5.74) is 4.07. The van der Waals surface area contributed by atoms with Crippen LogP contribution in [0.3, 0.4) is 0 Å². The van der Waals surface area contributed by atoms with E-state index < -0.39 is 17.7 Å². The minimum Gasteiger partial charge on any atom is -0.489 e. The van der Waals surface area contributed by atoms with Crippen LogP contribution >= 0.6 is 0 Å². The molecule has 0 bridgehead atoms. The molecule has 1 fully saturated rings. The number of rotatable bonds is 6. The Morgan fingerprint density at radius 1 is 1.15 bits per heavy atom. The van der Waals surface area contributed by atoms with Gasteiger partial charge in [-0.1, -0.05) is 23.4 Å². The number of oxime groups is 1. The van der Waals surface area contributed by atoms with Gasteiger partial charge in [-0.25, -0.2) is 4.79 Å². The highest BCUT2D eigenvalue weighted by molar-refractivity contribution is 6.04. The van der Waals surface area contributed by atoms with Crippen molar-refractivity contribution in [1.29, 1.82) is 0 Å². The van der Waals surface area contributed by atoms with E-state index in [9.17, 15) is 9.59 Å². The van der Waals surface area contributed by atoms with E-state index in [1.54, 1.807) is 0 Å². The number of urea groups is 1. The summed E-state index contributed by atoms with van der Waals surface area (Å²) < 4.78 is 6.04. The monoisotopic (exact) mass is 444 g/mol. The Labute approximate surface area is 191 Å². The maximum absolute atomic E-state index is 11.9. The van der Waals surface area contributed by atoms with Gasteiger partial charge in [0.1, 0.15) is 24.0 Å². The molecule has 2 aliphatic rings. The second-order valence-corrected chi connectivity index (χ2v) is 8.73. The first-order valence-corrected chi connectivity index (χ1v) is 10.8. The largest absolute Gasteiger partial charge is 0.489 e. The summed E-state index contributed by atoms with van der Waals surface area (Å²) >= 11 is 0. The van der Waals surface area contributed by atoms with E-state index in [-0.39, 0.29) is 5.91 Å². The molecule has 33 heavy (non-hydrogen) atoms. The summed E-state index contributed by atoms with van der Waals surface area (Å²) in [5.74, 6) is 0.418. The number of pyridine rings is 1. The number of para-hydroxylation sites is 1. The fourth-order valence-electron chi connectivity index (χ4n) is 4.30. The number of amides is 3. The van der Waals surface area contributed by atoms with Gasteiger partial charge >= 0.3 is 6.03 Å². The molecular weight excluding hydrogens is 420 g/mol. The number of benzene rings is 2. The van der Waals surface area contributed by atoms with Crippen LogP contribution in [0.15, 0.2) is 59.8 Å². The highest BCUT2D eigenvalue weighted by atomic mass is 16.7. The Balaban J connectivity index is 1.23. The van der Waals surface area contributed by atoms with Crippen molar-refractivity contribution in [3.63, 3.8) is 0 Å². The number of aromatic nitrogens is 1. The van der Waals surface area contributed by atoms with Gasteiger partial charge in [-0.15, -0.1) is 0 Å². The van der Waals surface area contributed by atoms with Crippen LogP contribution in [0.5, 0.6) is 5.75 Å². The van der Waals surface area contributed by atoms with Crippen molar-refractivity contribution >= 4 is 28.6 Å². The molecule has 2 N–H and O–H groups in total. The molecule has 2 aliphatic heterocycles. The molecule has 1 saturated heterocycles. The van der Waals surface area contributed by atoms with E-state index in [2.05, 4.69) is 32.9 Å². The minimum absolute atomic E-state index is 0.336. The minimum atomic E-state index is -0.662. The lowest BCUT2D eigenvalue weighted by molar-refractivity contribution is -0.122. The lowest BCUT2D eigenvalue weighted by Gasteiger charge is -2.23. The molecule has 3 heterocycles. The molecule has 168 valence electrons. The summed E-state index contributed by atoms with van der Waals surface area (Å²) in [5, 5.41) is 10.2. The molecule has 2 aromatic carbocycles. The molecule has 8 nitrogen and oxygen atoms in total. The topological polar surface area (TPSA) is 102 Å². The standard InChI is InChI=1S/C25H24N4O4/c1-15-11-17(19-5-3-4-6-20(19)26-15)14-32-18-9-7-16(8-10-18)21-12-25(2,33-29-21)13-22-23(30)28-24(31)27-22/h3-11,22H,12-14H2,1-2H3,(H2,27,28,30,31).